The van der Waals surface area contributed by atoms with Gasteiger partial charge in [-0.05, 0) is 46.7 Å². The highest BCUT2D eigenvalue weighted by Gasteiger charge is 2.12. The monoisotopic (exact) mass is 501 g/mol. The summed E-state index contributed by atoms with van der Waals surface area (Å²) in [5.41, 5.74) is 1.83. The summed E-state index contributed by atoms with van der Waals surface area (Å²) in [5, 5.41) is 17.1. The second-order valence-electron chi connectivity index (χ2n) is 6.47. The van der Waals surface area contributed by atoms with Crippen LogP contribution >= 0.6 is 46.6 Å². The van der Waals surface area contributed by atoms with Gasteiger partial charge in [0, 0.05) is 37.0 Å². The highest BCUT2D eigenvalue weighted by atomic mass is 35.5. The number of rotatable bonds is 11. The summed E-state index contributed by atoms with van der Waals surface area (Å²) in [6.07, 6.45) is 0. The van der Waals surface area contributed by atoms with Crippen molar-refractivity contribution in [3.05, 3.63) is 56.5 Å². The van der Waals surface area contributed by atoms with Crippen LogP contribution in [0.3, 0.4) is 0 Å². The van der Waals surface area contributed by atoms with Gasteiger partial charge in [-0.2, -0.15) is 0 Å². The van der Waals surface area contributed by atoms with Crippen molar-refractivity contribution in [2.45, 2.75) is 25.2 Å². The van der Waals surface area contributed by atoms with Crippen molar-refractivity contribution in [1.29, 1.82) is 0 Å². The number of nitrogens with one attached hydrogen (secondary N) is 1. The van der Waals surface area contributed by atoms with Crippen molar-refractivity contribution in [2.24, 2.45) is 7.05 Å². The molecule has 7 nitrogen and oxygen atoms in total. The minimum absolute atomic E-state index is 0.318. The summed E-state index contributed by atoms with van der Waals surface area (Å²) in [4.78, 5) is 0. The normalized spacial score (nSPS) is 11.0. The number of hydrogen-bond acceptors (Lipinski definition) is 7. The Kier molecular flexibility index (Phi) is 9.10. The van der Waals surface area contributed by atoms with Crippen LogP contribution in [0.25, 0.3) is 0 Å². The van der Waals surface area contributed by atoms with Gasteiger partial charge in [0.05, 0.1) is 16.7 Å². The third-order valence-electron chi connectivity index (χ3n) is 4.20. The number of nitrogens with zero attached hydrogens (tertiary/aromatic N) is 4. The molecule has 0 saturated heterocycles. The van der Waals surface area contributed by atoms with Crippen LogP contribution in [-0.2, 0) is 20.2 Å². The van der Waals surface area contributed by atoms with Gasteiger partial charge in [0.25, 0.3) is 0 Å². The summed E-state index contributed by atoms with van der Waals surface area (Å²) in [6, 6.07) is 9.07. The van der Waals surface area contributed by atoms with E-state index in [9.17, 15) is 0 Å². The summed E-state index contributed by atoms with van der Waals surface area (Å²) in [7, 11) is 1.82. The van der Waals surface area contributed by atoms with Crippen molar-refractivity contribution in [3.63, 3.8) is 0 Å². The van der Waals surface area contributed by atoms with Crippen LogP contribution in [0.5, 0.6) is 11.5 Å². The highest BCUT2D eigenvalue weighted by molar-refractivity contribution is 7.99. The standard InChI is InChI=1S/C20H22Cl3N5O2S/c1-3-29-18-9-14(11-24-6-7-31-20-25-26-27-28(20)2)16(22)10-19(18)30-12-13-4-5-15(21)17(23)8-13/h4-5,8-10,24H,3,6-7,11-12H2,1-2H3. The molecular formula is C20H22Cl3N5O2S. The fourth-order valence-corrected chi connectivity index (χ4v) is 3.95. The predicted octanol–water partition coefficient (Wildman–Crippen LogP) is 5.03. The van der Waals surface area contributed by atoms with Gasteiger partial charge in [0.1, 0.15) is 6.61 Å². The van der Waals surface area contributed by atoms with Crippen LogP contribution in [0.4, 0.5) is 0 Å². The van der Waals surface area contributed by atoms with E-state index in [2.05, 4.69) is 20.8 Å². The summed E-state index contributed by atoms with van der Waals surface area (Å²) in [6.45, 7) is 4.13. The zero-order valence-corrected chi connectivity index (χ0v) is 20.2. The van der Waals surface area contributed by atoms with Crippen molar-refractivity contribution < 1.29 is 9.47 Å². The molecule has 0 spiro atoms. The van der Waals surface area contributed by atoms with Gasteiger partial charge in [-0.3, -0.25) is 0 Å². The first kappa shape index (κ1) is 23.9. The SMILES string of the molecule is CCOc1cc(CNCCSc2nnnn2C)c(Cl)cc1OCc1ccc(Cl)c(Cl)c1. The van der Waals surface area contributed by atoms with Gasteiger partial charge in [0.2, 0.25) is 5.16 Å². The molecule has 0 saturated carbocycles. The molecule has 0 fully saturated rings. The van der Waals surface area contributed by atoms with E-state index in [1.165, 1.54) is 0 Å². The number of benzene rings is 2. The Bertz CT molecular complexity index is 1020. The number of aromatic nitrogens is 4. The number of tetrazole rings is 1. The number of aryl methyl sites for hydroxylation is 1. The molecule has 2 aromatic carbocycles. The summed E-state index contributed by atoms with van der Waals surface area (Å²) < 4.78 is 13.4. The average Bonchev–Trinajstić information content (AvgIpc) is 3.16. The van der Waals surface area contributed by atoms with Crippen molar-refractivity contribution in [2.75, 3.05) is 18.9 Å². The average molecular weight is 503 g/mol. The maximum atomic E-state index is 6.49. The minimum atomic E-state index is 0.318. The molecule has 3 rings (SSSR count). The van der Waals surface area contributed by atoms with E-state index in [-0.39, 0.29) is 0 Å². The van der Waals surface area contributed by atoms with Crippen LogP contribution < -0.4 is 14.8 Å². The lowest BCUT2D eigenvalue weighted by molar-refractivity contribution is 0.269. The minimum Gasteiger partial charge on any atom is -0.490 e. The molecule has 1 aromatic heterocycles. The molecule has 11 heteroatoms. The Morgan fingerprint density at radius 3 is 2.55 bits per heavy atom. The first-order valence-corrected chi connectivity index (χ1v) is 11.7. The lowest BCUT2D eigenvalue weighted by atomic mass is 10.2. The van der Waals surface area contributed by atoms with Crippen LogP contribution in [0.15, 0.2) is 35.5 Å². The fourth-order valence-electron chi connectivity index (χ4n) is 2.67. The molecule has 0 aliphatic heterocycles. The van der Waals surface area contributed by atoms with E-state index >= 15 is 0 Å². The van der Waals surface area contributed by atoms with Gasteiger partial charge in [-0.25, -0.2) is 4.68 Å². The van der Waals surface area contributed by atoms with Crippen molar-refractivity contribution in [3.8, 4) is 11.5 Å². The topological polar surface area (TPSA) is 74.1 Å². The zero-order chi connectivity index (χ0) is 22.2. The molecule has 0 radical (unpaired) electrons. The highest BCUT2D eigenvalue weighted by Crippen LogP contribution is 2.34. The number of hydrogen-bond donors (Lipinski definition) is 1. The Hall–Kier alpha value is -1.71. The van der Waals surface area contributed by atoms with Crippen molar-refractivity contribution >= 4 is 46.6 Å². The third kappa shape index (κ3) is 6.89. The molecule has 0 amide bonds. The van der Waals surface area contributed by atoms with E-state index in [0.717, 1.165) is 28.6 Å². The van der Waals surface area contributed by atoms with E-state index in [1.807, 2.05) is 26.1 Å². The molecule has 1 N–H and O–H groups in total. The predicted molar refractivity (Wildman–Crippen MR) is 125 cm³/mol. The summed E-state index contributed by atoms with van der Waals surface area (Å²) in [5.74, 6) is 2.05. The molecular weight excluding hydrogens is 481 g/mol. The summed E-state index contributed by atoms with van der Waals surface area (Å²) >= 11 is 20.1. The molecule has 166 valence electrons. The number of ether oxygens (including phenoxy) is 2. The van der Waals surface area contributed by atoms with Crippen molar-refractivity contribution in [1.82, 2.24) is 25.5 Å². The van der Waals surface area contributed by atoms with Crippen LogP contribution in [0, 0.1) is 0 Å². The number of halogens is 3. The quantitative estimate of drug-likeness (QED) is 0.291. The molecule has 0 bridgehead atoms. The first-order valence-electron chi connectivity index (χ1n) is 9.55. The van der Waals surface area contributed by atoms with Crippen LogP contribution in [-0.4, -0.2) is 39.1 Å². The molecule has 0 aliphatic carbocycles. The smallest absolute Gasteiger partial charge is 0.209 e. The zero-order valence-electron chi connectivity index (χ0n) is 17.1. The molecule has 1 heterocycles. The van der Waals surface area contributed by atoms with Crippen LogP contribution in [0.1, 0.15) is 18.1 Å². The van der Waals surface area contributed by atoms with Gasteiger partial charge in [0.15, 0.2) is 11.5 Å². The first-order chi connectivity index (χ1) is 15.0. The van der Waals surface area contributed by atoms with E-state index in [0.29, 0.717) is 46.3 Å². The molecule has 0 unspecified atom stereocenters. The maximum Gasteiger partial charge on any atom is 0.209 e. The van der Waals surface area contributed by atoms with E-state index in [1.54, 1.807) is 34.6 Å². The second kappa shape index (κ2) is 11.8. The Morgan fingerprint density at radius 1 is 1.03 bits per heavy atom. The maximum absolute atomic E-state index is 6.49. The van der Waals surface area contributed by atoms with E-state index in [4.69, 9.17) is 44.3 Å². The molecule has 0 atom stereocenters. The van der Waals surface area contributed by atoms with Crippen LogP contribution in [0.2, 0.25) is 15.1 Å². The number of thioether (sulfide) groups is 1. The van der Waals surface area contributed by atoms with E-state index < -0.39 is 0 Å². The molecule has 31 heavy (non-hydrogen) atoms. The molecule has 0 aliphatic rings. The lowest BCUT2D eigenvalue weighted by Crippen LogP contribution is -2.17. The Labute approximate surface area is 200 Å². The van der Waals surface area contributed by atoms with Gasteiger partial charge < -0.3 is 14.8 Å². The third-order valence-corrected chi connectivity index (χ3v) is 6.30. The fraction of sp³-hybridized carbons (Fsp3) is 0.350. The lowest BCUT2D eigenvalue weighted by Gasteiger charge is -2.15. The van der Waals surface area contributed by atoms with Gasteiger partial charge >= 0.3 is 0 Å². The molecule has 3 aromatic rings. The largest absolute Gasteiger partial charge is 0.490 e. The van der Waals surface area contributed by atoms with Gasteiger partial charge in [-0.1, -0.05) is 52.6 Å². The Morgan fingerprint density at radius 2 is 1.84 bits per heavy atom. The van der Waals surface area contributed by atoms with Gasteiger partial charge in [-0.15, -0.1) is 5.10 Å². The second-order valence-corrected chi connectivity index (χ2v) is 8.75. The Balaban J connectivity index is 1.58.